The topological polar surface area (TPSA) is 75.0 Å². The highest BCUT2D eigenvalue weighted by molar-refractivity contribution is 7.11. The third kappa shape index (κ3) is 4.58. The summed E-state index contributed by atoms with van der Waals surface area (Å²) in [6.07, 6.45) is 1.54. The molecule has 0 aliphatic rings. The second-order valence-corrected chi connectivity index (χ2v) is 6.92. The Bertz CT molecular complexity index is 1050. The fraction of sp³-hybridized carbons (Fsp3) is 0.0952. The highest BCUT2D eigenvalue weighted by Crippen LogP contribution is 2.27. The van der Waals surface area contributed by atoms with E-state index in [0.717, 1.165) is 11.3 Å². The maximum absolute atomic E-state index is 12.1. The van der Waals surface area contributed by atoms with E-state index in [2.05, 4.69) is 16.4 Å². The number of halogens is 1. The molecule has 0 unspecified atom stereocenters. The number of carbonyl (C=O) groups excluding carboxylic acids is 1. The number of hydrogen-bond acceptors (Lipinski definition) is 6. The summed E-state index contributed by atoms with van der Waals surface area (Å²) in [4.78, 5) is 16.6. The van der Waals surface area contributed by atoms with E-state index in [-0.39, 0.29) is 0 Å². The van der Waals surface area contributed by atoms with Gasteiger partial charge >= 0.3 is 5.97 Å². The maximum Gasteiger partial charge on any atom is 0.340 e. The van der Waals surface area contributed by atoms with Gasteiger partial charge < -0.3 is 10.1 Å². The minimum atomic E-state index is -0.420. The van der Waals surface area contributed by atoms with E-state index in [1.165, 1.54) is 11.3 Å². The highest BCUT2D eigenvalue weighted by Gasteiger charge is 2.12. The van der Waals surface area contributed by atoms with E-state index in [9.17, 15) is 10.1 Å². The Balaban J connectivity index is 1.83. The molecule has 2 aromatic carbocycles. The van der Waals surface area contributed by atoms with E-state index in [1.807, 2.05) is 17.5 Å². The number of anilines is 1. The van der Waals surface area contributed by atoms with Crippen LogP contribution in [0.4, 0.5) is 5.69 Å². The Morgan fingerprint density at radius 1 is 1.29 bits per heavy atom. The lowest BCUT2D eigenvalue weighted by Gasteiger charge is -2.08. The van der Waals surface area contributed by atoms with Crippen LogP contribution in [-0.4, -0.2) is 17.6 Å². The van der Waals surface area contributed by atoms with Crippen molar-refractivity contribution in [2.24, 2.45) is 0 Å². The van der Waals surface area contributed by atoms with Gasteiger partial charge in [0.05, 0.1) is 23.6 Å². The molecule has 0 atom stereocenters. The number of nitriles is 1. The van der Waals surface area contributed by atoms with Gasteiger partial charge in [0.15, 0.2) is 0 Å². The normalized spacial score (nSPS) is 11.0. The van der Waals surface area contributed by atoms with E-state index in [1.54, 1.807) is 49.5 Å². The lowest BCUT2D eigenvalue weighted by molar-refractivity contribution is 0.0527. The van der Waals surface area contributed by atoms with Crippen LogP contribution in [0.5, 0.6) is 0 Å². The summed E-state index contributed by atoms with van der Waals surface area (Å²) in [6, 6.07) is 16.5. The minimum absolute atomic E-state index is 0.291. The van der Waals surface area contributed by atoms with Gasteiger partial charge in [-0.25, -0.2) is 9.78 Å². The Morgan fingerprint density at radius 2 is 2.04 bits per heavy atom. The smallest absolute Gasteiger partial charge is 0.340 e. The van der Waals surface area contributed by atoms with Crippen LogP contribution in [0.3, 0.4) is 0 Å². The molecule has 1 heterocycles. The van der Waals surface area contributed by atoms with Gasteiger partial charge in [0.2, 0.25) is 0 Å². The van der Waals surface area contributed by atoms with Crippen molar-refractivity contribution in [1.82, 2.24) is 4.98 Å². The maximum atomic E-state index is 12.1. The summed E-state index contributed by atoms with van der Waals surface area (Å²) in [5.41, 5.74) is 3.01. The molecule has 1 aromatic heterocycles. The van der Waals surface area contributed by atoms with Gasteiger partial charge in [-0.1, -0.05) is 35.9 Å². The summed E-state index contributed by atoms with van der Waals surface area (Å²) < 4.78 is 5.06. The Morgan fingerprint density at radius 3 is 2.75 bits per heavy atom. The van der Waals surface area contributed by atoms with Crippen LogP contribution in [-0.2, 0) is 4.74 Å². The number of allylic oxidation sites excluding steroid dienone is 1. The number of para-hydroxylation sites is 1. The summed E-state index contributed by atoms with van der Waals surface area (Å²) in [6.45, 7) is 2.04. The molecule has 0 bridgehead atoms. The van der Waals surface area contributed by atoms with Crippen molar-refractivity contribution >= 4 is 40.2 Å². The summed E-state index contributed by atoms with van der Waals surface area (Å²) >= 11 is 7.29. The first-order valence-corrected chi connectivity index (χ1v) is 9.73. The average Bonchev–Trinajstić information content (AvgIpc) is 3.19. The van der Waals surface area contributed by atoms with E-state index in [0.29, 0.717) is 33.5 Å². The molecule has 0 aliphatic heterocycles. The predicted molar refractivity (Wildman–Crippen MR) is 112 cm³/mol. The third-order valence-corrected chi connectivity index (χ3v) is 4.92. The van der Waals surface area contributed by atoms with Crippen LogP contribution < -0.4 is 5.32 Å². The van der Waals surface area contributed by atoms with Crippen molar-refractivity contribution in [2.45, 2.75) is 6.92 Å². The molecule has 5 nitrogen and oxygen atoms in total. The molecular weight excluding hydrogens is 394 g/mol. The lowest BCUT2D eigenvalue weighted by Crippen LogP contribution is -2.07. The van der Waals surface area contributed by atoms with Gasteiger partial charge in [-0.3, -0.25) is 0 Å². The number of esters is 1. The highest BCUT2D eigenvalue weighted by atomic mass is 35.5. The molecule has 0 fully saturated rings. The van der Waals surface area contributed by atoms with Gasteiger partial charge in [0, 0.05) is 22.2 Å². The zero-order chi connectivity index (χ0) is 19.9. The second kappa shape index (κ2) is 9.18. The van der Waals surface area contributed by atoms with Crippen molar-refractivity contribution in [3.63, 3.8) is 0 Å². The quantitative estimate of drug-likeness (QED) is 0.422. The number of aromatic nitrogens is 1. The SMILES string of the molecule is CCOC(=O)c1ccccc1N/C=C(/C#N)c1nc(-c2ccc(Cl)cc2)cs1. The predicted octanol–water partition coefficient (Wildman–Crippen LogP) is 5.62. The van der Waals surface area contributed by atoms with Crippen LogP contribution in [0.2, 0.25) is 5.02 Å². The molecule has 0 spiro atoms. The van der Waals surface area contributed by atoms with Crippen molar-refractivity contribution in [2.75, 3.05) is 11.9 Å². The fourth-order valence-electron chi connectivity index (χ4n) is 2.44. The molecule has 0 aliphatic carbocycles. The first kappa shape index (κ1) is 19.6. The van der Waals surface area contributed by atoms with Gasteiger partial charge in [-0.05, 0) is 31.2 Å². The zero-order valence-corrected chi connectivity index (χ0v) is 16.6. The number of nitrogens with zero attached hydrogens (tertiary/aromatic N) is 2. The molecule has 0 radical (unpaired) electrons. The largest absolute Gasteiger partial charge is 0.462 e. The molecule has 7 heteroatoms. The molecule has 28 heavy (non-hydrogen) atoms. The Kier molecular flexibility index (Phi) is 6.43. The molecule has 0 saturated carbocycles. The van der Waals surface area contributed by atoms with Gasteiger partial charge in [0.25, 0.3) is 0 Å². The number of thiazole rings is 1. The van der Waals surface area contributed by atoms with E-state index < -0.39 is 5.97 Å². The number of benzene rings is 2. The van der Waals surface area contributed by atoms with Crippen LogP contribution in [0.15, 0.2) is 60.1 Å². The van der Waals surface area contributed by atoms with E-state index in [4.69, 9.17) is 16.3 Å². The van der Waals surface area contributed by atoms with Crippen molar-refractivity contribution < 1.29 is 9.53 Å². The van der Waals surface area contributed by atoms with Crippen LogP contribution >= 0.6 is 22.9 Å². The third-order valence-electron chi connectivity index (χ3n) is 3.79. The first-order chi connectivity index (χ1) is 13.6. The number of hydrogen-bond donors (Lipinski definition) is 1. The molecular formula is C21H16ClN3O2S. The monoisotopic (exact) mass is 409 g/mol. The van der Waals surface area contributed by atoms with Gasteiger partial charge in [-0.15, -0.1) is 11.3 Å². The molecule has 1 N–H and O–H groups in total. The van der Waals surface area contributed by atoms with Crippen molar-refractivity contribution in [1.29, 1.82) is 5.26 Å². The molecule has 3 rings (SSSR count). The Hall–Kier alpha value is -3.14. The first-order valence-electron chi connectivity index (χ1n) is 8.47. The van der Waals surface area contributed by atoms with Gasteiger partial charge in [-0.2, -0.15) is 5.26 Å². The average molecular weight is 410 g/mol. The fourth-order valence-corrected chi connectivity index (χ4v) is 3.36. The standard InChI is InChI=1S/C21H16ClN3O2S/c1-2-27-21(26)17-5-3-4-6-18(17)24-12-15(11-23)20-25-19(13-28-20)14-7-9-16(22)10-8-14/h3-10,12-13,24H,2H2,1H3/b15-12-. The second-order valence-electron chi connectivity index (χ2n) is 5.62. The zero-order valence-electron chi connectivity index (χ0n) is 15.0. The number of ether oxygens (including phenoxy) is 1. The van der Waals surface area contributed by atoms with Gasteiger partial charge in [0.1, 0.15) is 16.6 Å². The van der Waals surface area contributed by atoms with Crippen LogP contribution in [0.25, 0.3) is 16.8 Å². The van der Waals surface area contributed by atoms with Crippen molar-refractivity contribution in [3.05, 3.63) is 75.7 Å². The van der Waals surface area contributed by atoms with E-state index >= 15 is 0 Å². The molecule has 0 saturated heterocycles. The number of nitrogens with one attached hydrogen (secondary N) is 1. The molecule has 3 aromatic rings. The minimum Gasteiger partial charge on any atom is -0.462 e. The Labute approximate surface area is 171 Å². The number of rotatable bonds is 6. The van der Waals surface area contributed by atoms with Crippen LogP contribution in [0, 0.1) is 11.3 Å². The number of carbonyl (C=O) groups is 1. The molecule has 0 amide bonds. The summed E-state index contributed by atoms with van der Waals surface area (Å²) in [5, 5.41) is 15.7. The lowest BCUT2D eigenvalue weighted by atomic mass is 10.1. The summed E-state index contributed by atoms with van der Waals surface area (Å²) in [5.74, 6) is -0.420. The molecule has 140 valence electrons. The van der Waals surface area contributed by atoms with Crippen molar-refractivity contribution in [3.8, 4) is 17.3 Å². The van der Waals surface area contributed by atoms with Crippen LogP contribution in [0.1, 0.15) is 22.3 Å². The summed E-state index contributed by atoms with van der Waals surface area (Å²) in [7, 11) is 0.